The lowest BCUT2D eigenvalue weighted by molar-refractivity contribution is -0.308. The highest BCUT2D eigenvalue weighted by Gasteiger charge is 2.21. The van der Waals surface area contributed by atoms with Crippen LogP contribution in [0.4, 0.5) is 4.39 Å². The van der Waals surface area contributed by atoms with Crippen molar-refractivity contribution in [2.45, 2.75) is 39.7 Å². The van der Waals surface area contributed by atoms with Crippen LogP contribution in [-0.4, -0.2) is 17.9 Å². The number of fused-ring (bicyclic) bond motifs is 2. The van der Waals surface area contributed by atoms with Crippen LogP contribution in [0, 0.1) is 19.7 Å². The predicted molar refractivity (Wildman–Crippen MR) is 118 cm³/mol. The first-order valence-electron chi connectivity index (χ1n) is 10.4. The SMILES string of the molecule is CC[C@H](NC(=O)Cc1c(C)c2cc3c(-c4ccc(F)cc4)coc3c(C)c2oc1=O)C(=O)[O-]. The van der Waals surface area contributed by atoms with E-state index in [1.165, 1.54) is 12.1 Å². The number of furan rings is 1. The molecule has 0 bridgehead atoms. The van der Waals surface area contributed by atoms with E-state index in [0.717, 1.165) is 16.5 Å². The Morgan fingerprint density at radius 2 is 1.79 bits per heavy atom. The Labute approximate surface area is 187 Å². The van der Waals surface area contributed by atoms with Gasteiger partial charge in [0.2, 0.25) is 5.91 Å². The summed E-state index contributed by atoms with van der Waals surface area (Å²) in [5.41, 5.74) is 3.02. The molecule has 7 nitrogen and oxygen atoms in total. The van der Waals surface area contributed by atoms with Gasteiger partial charge in [0.15, 0.2) is 0 Å². The van der Waals surface area contributed by atoms with Gasteiger partial charge in [-0.25, -0.2) is 9.18 Å². The zero-order valence-corrected chi connectivity index (χ0v) is 18.3. The lowest BCUT2D eigenvalue weighted by Gasteiger charge is -2.18. The van der Waals surface area contributed by atoms with Crippen LogP contribution in [0.25, 0.3) is 33.1 Å². The van der Waals surface area contributed by atoms with Gasteiger partial charge in [0.1, 0.15) is 17.0 Å². The van der Waals surface area contributed by atoms with Gasteiger partial charge in [-0.15, -0.1) is 0 Å². The summed E-state index contributed by atoms with van der Waals surface area (Å²) in [6.07, 6.45) is 1.39. The number of rotatable bonds is 6. The van der Waals surface area contributed by atoms with Crippen molar-refractivity contribution in [3.63, 3.8) is 0 Å². The molecule has 4 rings (SSSR count). The minimum absolute atomic E-state index is 0.138. The standard InChI is InChI=1S/C25H22FNO6/c1-4-20(24(29)30)27-21(28)10-17-12(2)16-9-18-19(14-5-7-15(26)8-6-14)11-32-22(18)13(3)23(16)33-25(17)31/h5-9,11,20H,4,10H2,1-3H3,(H,27,28)(H,29,30)/p-1/t20-/m0/s1. The van der Waals surface area contributed by atoms with Crippen LogP contribution >= 0.6 is 0 Å². The zero-order chi connectivity index (χ0) is 23.9. The van der Waals surface area contributed by atoms with E-state index in [4.69, 9.17) is 8.83 Å². The summed E-state index contributed by atoms with van der Waals surface area (Å²) in [6, 6.07) is 6.69. The van der Waals surface area contributed by atoms with E-state index in [1.54, 1.807) is 39.2 Å². The monoisotopic (exact) mass is 450 g/mol. The topological polar surface area (TPSA) is 113 Å². The lowest BCUT2D eigenvalue weighted by Crippen LogP contribution is -2.48. The molecule has 170 valence electrons. The van der Waals surface area contributed by atoms with Gasteiger partial charge in [0.05, 0.1) is 30.3 Å². The summed E-state index contributed by atoms with van der Waals surface area (Å²) >= 11 is 0. The number of carbonyl (C=O) groups is 2. The second kappa shape index (κ2) is 8.54. The molecule has 0 saturated heterocycles. The van der Waals surface area contributed by atoms with Gasteiger partial charge in [0, 0.05) is 21.9 Å². The van der Waals surface area contributed by atoms with Gasteiger partial charge in [-0.05, 0) is 49.6 Å². The van der Waals surface area contributed by atoms with Crippen LogP contribution in [0.3, 0.4) is 0 Å². The number of aryl methyl sites for hydroxylation is 2. The fourth-order valence-corrected chi connectivity index (χ4v) is 3.99. The predicted octanol–water partition coefficient (Wildman–Crippen LogP) is 3.15. The maximum absolute atomic E-state index is 13.4. The van der Waals surface area contributed by atoms with Gasteiger partial charge in [-0.2, -0.15) is 0 Å². The van der Waals surface area contributed by atoms with Crippen molar-refractivity contribution >= 4 is 33.8 Å². The van der Waals surface area contributed by atoms with E-state index in [9.17, 15) is 23.9 Å². The quantitative estimate of drug-likeness (QED) is 0.452. The smallest absolute Gasteiger partial charge is 0.340 e. The van der Waals surface area contributed by atoms with Gasteiger partial charge in [0.25, 0.3) is 0 Å². The number of hydrogen-bond donors (Lipinski definition) is 1. The molecule has 2 aromatic carbocycles. The molecule has 0 aliphatic carbocycles. The molecule has 2 aromatic heterocycles. The summed E-state index contributed by atoms with van der Waals surface area (Å²) in [4.78, 5) is 36.2. The van der Waals surface area contributed by atoms with Crippen molar-refractivity contribution in [3.8, 4) is 11.1 Å². The maximum atomic E-state index is 13.4. The average Bonchev–Trinajstić information content (AvgIpc) is 3.20. The van der Waals surface area contributed by atoms with Gasteiger partial charge >= 0.3 is 5.63 Å². The molecule has 0 radical (unpaired) electrons. The van der Waals surface area contributed by atoms with Crippen molar-refractivity contribution in [3.05, 3.63) is 69.5 Å². The van der Waals surface area contributed by atoms with E-state index >= 15 is 0 Å². The van der Waals surface area contributed by atoms with Crippen LogP contribution in [-0.2, 0) is 16.0 Å². The Hall–Kier alpha value is -3.94. The molecule has 0 unspecified atom stereocenters. The number of carboxylic acid groups (broad SMARTS) is 1. The second-order valence-electron chi connectivity index (χ2n) is 7.93. The highest BCUT2D eigenvalue weighted by atomic mass is 19.1. The fourth-order valence-electron chi connectivity index (χ4n) is 3.99. The van der Waals surface area contributed by atoms with Crippen LogP contribution in [0.2, 0.25) is 0 Å². The fraction of sp³-hybridized carbons (Fsp3) is 0.240. The first kappa shape index (κ1) is 22.3. The van der Waals surface area contributed by atoms with Crippen molar-refractivity contribution < 1.29 is 27.9 Å². The van der Waals surface area contributed by atoms with E-state index in [-0.39, 0.29) is 24.2 Å². The minimum Gasteiger partial charge on any atom is -0.548 e. The number of carbonyl (C=O) groups excluding carboxylic acids is 2. The van der Waals surface area contributed by atoms with E-state index in [2.05, 4.69) is 5.32 Å². The normalized spacial score (nSPS) is 12.2. The molecule has 2 heterocycles. The summed E-state index contributed by atoms with van der Waals surface area (Å²) in [5.74, 6) is -2.36. The Bertz CT molecular complexity index is 1450. The molecular formula is C25H21FNO6-. The van der Waals surface area contributed by atoms with Crippen molar-refractivity contribution in [2.24, 2.45) is 0 Å². The first-order valence-corrected chi connectivity index (χ1v) is 10.4. The van der Waals surface area contributed by atoms with E-state index in [1.807, 2.05) is 6.07 Å². The van der Waals surface area contributed by atoms with Gasteiger partial charge < -0.3 is 24.1 Å². The Morgan fingerprint density at radius 3 is 2.42 bits per heavy atom. The molecule has 33 heavy (non-hydrogen) atoms. The third-order valence-electron chi connectivity index (χ3n) is 5.86. The van der Waals surface area contributed by atoms with E-state index < -0.39 is 23.5 Å². The van der Waals surface area contributed by atoms with Crippen LogP contribution < -0.4 is 16.0 Å². The number of hydrogen-bond acceptors (Lipinski definition) is 6. The largest absolute Gasteiger partial charge is 0.548 e. The molecule has 0 spiro atoms. The molecular weight excluding hydrogens is 429 g/mol. The van der Waals surface area contributed by atoms with Crippen molar-refractivity contribution in [2.75, 3.05) is 0 Å². The molecule has 0 aliphatic rings. The Morgan fingerprint density at radius 1 is 1.09 bits per heavy atom. The van der Waals surface area contributed by atoms with Crippen molar-refractivity contribution in [1.82, 2.24) is 5.32 Å². The molecule has 1 amide bonds. The second-order valence-corrected chi connectivity index (χ2v) is 7.93. The van der Waals surface area contributed by atoms with Crippen LogP contribution in [0.15, 0.2) is 50.2 Å². The van der Waals surface area contributed by atoms with Crippen molar-refractivity contribution in [1.29, 1.82) is 0 Å². The first-order chi connectivity index (χ1) is 15.7. The highest BCUT2D eigenvalue weighted by molar-refractivity contribution is 6.05. The molecule has 1 N–H and O–H groups in total. The minimum atomic E-state index is -1.39. The van der Waals surface area contributed by atoms with Crippen LogP contribution in [0.1, 0.15) is 30.0 Å². The number of aliphatic carboxylic acids is 1. The van der Waals surface area contributed by atoms with Crippen LogP contribution in [0.5, 0.6) is 0 Å². The van der Waals surface area contributed by atoms with Gasteiger partial charge in [-0.1, -0.05) is 19.1 Å². The van der Waals surface area contributed by atoms with E-state index in [0.29, 0.717) is 27.7 Å². The number of carboxylic acids is 1. The number of halogens is 1. The number of amides is 1. The summed E-state index contributed by atoms with van der Waals surface area (Å²) in [5, 5.41) is 14.8. The zero-order valence-electron chi connectivity index (χ0n) is 18.3. The highest BCUT2D eigenvalue weighted by Crippen LogP contribution is 2.37. The number of benzene rings is 2. The van der Waals surface area contributed by atoms with Gasteiger partial charge in [-0.3, -0.25) is 4.79 Å². The third-order valence-corrected chi connectivity index (χ3v) is 5.86. The third kappa shape index (κ3) is 4.00. The molecule has 1 atom stereocenters. The Balaban J connectivity index is 1.83. The average molecular weight is 450 g/mol. The summed E-state index contributed by atoms with van der Waals surface area (Å²) in [6.45, 7) is 5.08. The molecule has 0 saturated carbocycles. The maximum Gasteiger partial charge on any atom is 0.340 e. The molecule has 0 aliphatic heterocycles. The summed E-state index contributed by atoms with van der Waals surface area (Å²) < 4.78 is 24.7. The molecule has 0 fully saturated rings. The Kier molecular flexibility index (Phi) is 5.76. The molecule has 4 aromatic rings. The molecule has 8 heteroatoms. The number of nitrogens with one attached hydrogen (secondary N) is 1. The lowest BCUT2D eigenvalue weighted by atomic mass is 9.97. The summed E-state index contributed by atoms with van der Waals surface area (Å²) in [7, 11) is 0.